The Kier molecular flexibility index (Phi) is 8.99. The Morgan fingerprint density at radius 2 is 1.71 bits per heavy atom. The van der Waals surface area contributed by atoms with Crippen LogP contribution < -0.4 is 5.32 Å². The largest absolute Gasteiger partial charge is 0.483 e. The molecule has 1 unspecified atom stereocenters. The van der Waals surface area contributed by atoms with Crippen molar-refractivity contribution in [2.45, 2.75) is 26.7 Å². The molecule has 2 fully saturated rings. The number of piperazine rings is 1. The van der Waals surface area contributed by atoms with Gasteiger partial charge >= 0.3 is 0 Å². The van der Waals surface area contributed by atoms with E-state index in [2.05, 4.69) is 10.2 Å². The number of aryl methyl sites for hydroxylation is 1. The van der Waals surface area contributed by atoms with Crippen molar-refractivity contribution in [2.75, 3.05) is 51.6 Å². The highest BCUT2D eigenvalue weighted by Crippen LogP contribution is 2.22. The number of likely N-dealkylation sites (tertiary alicyclic amines) is 1. The fraction of sp³-hybridized carbons (Fsp3) is 0.545. The van der Waals surface area contributed by atoms with Gasteiger partial charge in [0.1, 0.15) is 0 Å². The second-order valence-corrected chi connectivity index (χ2v) is 8.02. The lowest BCUT2D eigenvalue weighted by Crippen LogP contribution is -2.50. The van der Waals surface area contributed by atoms with Gasteiger partial charge in [0.25, 0.3) is 12.4 Å². The molecule has 2 saturated heterocycles. The number of carboxylic acid groups (broad SMARTS) is 1. The van der Waals surface area contributed by atoms with E-state index in [4.69, 9.17) is 9.90 Å². The summed E-state index contributed by atoms with van der Waals surface area (Å²) in [7, 11) is 2.04. The predicted molar refractivity (Wildman–Crippen MR) is 117 cm³/mol. The molecule has 1 aromatic rings. The van der Waals surface area contributed by atoms with Crippen LogP contribution in [0.5, 0.6) is 0 Å². The third-order valence-corrected chi connectivity index (χ3v) is 5.75. The normalized spacial score (nSPS) is 19.1. The Labute approximate surface area is 183 Å². The van der Waals surface area contributed by atoms with Crippen molar-refractivity contribution in [1.29, 1.82) is 0 Å². The first-order valence-electron chi connectivity index (χ1n) is 10.5. The standard InChI is InChI=1S/C21H30N4O3.CH2O2/c1-15-6-7-17(21(28)25-11-9-24(10-12-25)16(2)26)13-19(15)22-20(27)18-5-4-8-23(3)14-18;2-1-3/h6-7,13,18H,4-5,8-12,14H2,1-3H3,(H,22,27);1H,(H,2,3). The molecule has 0 spiro atoms. The summed E-state index contributed by atoms with van der Waals surface area (Å²) in [5, 5.41) is 9.92. The Morgan fingerprint density at radius 1 is 1.10 bits per heavy atom. The molecule has 1 atom stereocenters. The summed E-state index contributed by atoms with van der Waals surface area (Å²) in [6.07, 6.45) is 1.92. The molecule has 0 bridgehead atoms. The van der Waals surface area contributed by atoms with E-state index in [0.717, 1.165) is 31.5 Å². The van der Waals surface area contributed by atoms with E-state index in [1.165, 1.54) is 0 Å². The molecule has 3 amide bonds. The second kappa shape index (κ2) is 11.5. The van der Waals surface area contributed by atoms with Gasteiger partial charge in [0.15, 0.2) is 0 Å². The van der Waals surface area contributed by atoms with Crippen molar-refractivity contribution in [1.82, 2.24) is 14.7 Å². The van der Waals surface area contributed by atoms with E-state index in [9.17, 15) is 14.4 Å². The molecular formula is C22H32N4O5. The van der Waals surface area contributed by atoms with Gasteiger partial charge in [-0.2, -0.15) is 0 Å². The zero-order valence-electron chi connectivity index (χ0n) is 18.5. The van der Waals surface area contributed by atoms with Crippen molar-refractivity contribution in [3.8, 4) is 0 Å². The Balaban J connectivity index is 0.00000107. The molecule has 3 rings (SSSR count). The van der Waals surface area contributed by atoms with E-state index >= 15 is 0 Å². The van der Waals surface area contributed by atoms with Crippen LogP contribution in [0.15, 0.2) is 18.2 Å². The number of benzene rings is 1. The minimum absolute atomic E-state index is 0.0165. The molecule has 2 N–H and O–H groups in total. The first kappa shape index (κ1) is 24.3. The number of anilines is 1. The van der Waals surface area contributed by atoms with Crippen LogP contribution in [-0.2, 0) is 14.4 Å². The Morgan fingerprint density at radius 3 is 2.29 bits per heavy atom. The summed E-state index contributed by atoms with van der Waals surface area (Å²) >= 11 is 0. The lowest BCUT2D eigenvalue weighted by Gasteiger charge is -2.34. The van der Waals surface area contributed by atoms with Crippen molar-refractivity contribution < 1.29 is 24.3 Å². The van der Waals surface area contributed by atoms with Crippen molar-refractivity contribution in [3.63, 3.8) is 0 Å². The maximum Gasteiger partial charge on any atom is 0.290 e. The maximum atomic E-state index is 12.9. The summed E-state index contributed by atoms with van der Waals surface area (Å²) in [5.74, 6) is -0.0108. The molecule has 2 aliphatic rings. The van der Waals surface area contributed by atoms with Crippen LogP contribution in [0.2, 0.25) is 0 Å². The molecule has 9 heteroatoms. The highest BCUT2D eigenvalue weighted by molar-refractivity contribution is 5.98. The summed E-state index contributed by atoms with van der Waals surface area (Å²) in [4.78, 5) is 51.1. The van der Waals surface area contributed by atoms with Gasteiger partial charge in [-0.15, -0.1) is 0 Å². The van der Waals surface area contributed by atoms with Crippen LogP contribution in [0.4, 0.5) is 5.69 Å². The van der Waals surface area contributed by atoms with Gasteiger partial charge in [-0.05, 0) is 51.1 Å². The van der Waals surface area contributed by atoms with Crippen LogP contribution in [0, 0.1) is 12.8 Å². The summed E-state index contributed by atoms with van der Waals surface area (Å²) < 4.78 is 0. The Hall–Kier alpha value is -2.94. The van der Waals surface area contributed by atoms with Crippen LogP contribution in [-0.4, -0.2) is 90.3 Å². The highest BCUT2D eigenvalue weighted by atomic mass is 16.3. The smallest absolute Gasteiger partial charge is 0.290 e. The number of rotatable bonds is 3. The van der Waals surface area contributed by atoms with E-state index in [1.807, 2.05) is 20.0 Å². The number of nitrogens with zero attached hydrogens (tertiary/aromatic N) is 3. The van der Waals surface area contributed by atoms with Gasteiger partial charge in [-0.25, -0.2) is 0 Å². The fourth-order valence-corrected chi connectivity index (χ4v) is 3.91. The second-order valence-electron chi connectivity index (χ2n) is 8.02. The maximum absolute atomic E-state index is 12.9. The SMILES string of the molecule is CC(=O)N1CCN(C(=O)c2ccc(C)c(NC(=O)C3CCCN(C)C3)c2)CC1.O=CO. The fourth-order valence-electron chi connectivity index (χ4n) is 3.91. The van der Waals surface area contributed by atoms with Crippen molar-refractivity contribution in [3.05, 3.63) is 29.3 Å². The van der Waals surface area contributed by atoms with E-state index in [0.29, 0.717) is 37.4 Å². The van der Waals surface area contributed by atoms with E-state index < -0.39 is 0 Å². The molecule has 2 heterocycles. The van der Waals surface area contributed by atoms with E-state index in [1.54, 1.807) is 28.9 Å². The predicted octanol–water partition coefficient (Wildman–Crippen LogP) is 1.28. The molecule has 9 nitrogen and oxygen atoms in total. The van der Waals surface area contributed by atoms with Crippen LogP contribution in [0.1, 0.15) is 35.7 Å². The number of carbonyl (C=O) groups is 4. The summed E-state index contributed by atoms with van der Waals surface area (Å²) in [6, 6.07) is 5.46. The van der Waals surface area contributed by atoms with Crippen molar-refractivity contribution in [2.24, 2.45) is 5.92 Å². The average Bonchev–Trinajstić information content (AvgIpc) is 2.75. The molecule has 170 valence electrons. The third kappa shape index (κ3) is 6.78. The summed E-state index contributed by atoms with van der Waals surface area (Å²) in [5.41, 5.74) is 2.21. The number of piperidine rings is 1. The van der Waals surface area contributed by atoms with E-state index in [-0.39, 0.29) is 30.1 Å². The van der Waals surface area contributed by atoms with Crippen LogP contribution in [0.25, 0.3) is 0 Å². The zero-order chi connectivity index (χ0) is 23.0. The molecule has 0 saturated carbocycles. The summed E-state index contributed by atoms with van der Waals surface area (Å²) in [6.45, 7) is 7.22. The molecule has 0 aliphatic carbocycles. The first-order valence-corrected chi connectivity index (χ1v) is 10.5. The number of nitrogens with one attached hydrogen (secondary N) is 1. The van der Waals surface area contributed by atoms with Gasteiger partial charge in [0.2, 0.25) is 11.8 Å². The highest BCUT2D eigenvalue weighted by Gasteiger charge is 2.26. The molecule has 2 aliphatic heterocycles. The average molecular weight is 433 g/mol. The molecule has 0 aromatic heterocycles. The monoisotopic (exact) mass is 432 g/mol. The number of carbonyl (C=O) groups excluding carboxylic acids is 3. The van der Waals surface area contributed by atoms with Gasteiger partial charge < -0.3 is 25.1 Å². The topological polar surface area (TPSA) is 110 Å². The van der Waals surface area contributed by atoms with Gasteiger partial charge in [-0.1, -0.05) is 6.07 Å². The molecule has 31 heavy (non-hydrogen) atoms. The van der Waals surface area contributed by atoms with Gasteiger partial charge in [0.05, 0.1) is 5.92 Å². The minimum atomic E-state index is -0.250. The van der Waals surface area contributed by atoms with Gasteiger partial charge in [0, 0.05) is 50.9 Å². The molecular weight excluding hydrogens is 400 g/mol. The zero-order valence-corrected chi connectivity index (χ0v) is 18.5. The van der Waals surface area contributed by atoms with Gasteiger partial charge in [-0.3, -0.25) is 19.2 Å². The molecule has 1 aromatic carbocycles. The molecule has 0 radical (unpaired) electrons. The van der Waals surface area contributed by atoms with Crippen LogP contribution >= 0.6 is 0 Å². The lowest BCUT2D eigenvalue weighted by molar-refractivity contribution is -0.130. The minimum Gasteiger partial charge on any atom is -0.483 e. The number of amides is 3. The quantitative estimate of drug-likeness (QED) is 0.697. The first-order chi connectivity index (χ1) is 14.8. The van der Waals surface area contributed by atoms with Crippen molar-refractivity contribution >= 4 is 29.9 Å². The number of hydrogen-bond donors (Lipinski definition) is 2. The number of hydrogen-bond acceptors (Lipinski definition) is 5. The Bertz CT molecular complexity index is 805. The van der Waals surface area contributed by atoms with Crippen LogP contribution in [0.3, 0.4) is 0 Å². The lowest BCUT2D eigenvalue weighted by atomic mass is 9.97. The third-order valence-electron chi connectivity index (χ3n) is 5.75.